The second-order valence-electron chi connectivity index (χ2n) is 4.72. The Kier molecular flexibility index (Phi) is 3.78. The van der Waals surface area contributed by atoms with Crippen LogP contribution in [-0.2, 0) is 10.0 Å². The molecule has 1 aromatic carbocycles. The van der Waals surface area contributed by atoms with Crippen LogP contribution in [-0.4, -0.2) is 27.9 Å². The highest BCUT2D eigenvalue weighted by Gasteiger charge is 2.21. The fourth-order valence-corrected chi connectivity index (χ4v) is 3.09. The molecule has 0 spiro atoms. The standard InChI is InChI=1S/C14H12FN5O2S/c1-10-7-11(3-4-12(10)15)19-23(21,22)13-8-16-9-20(13)14-17-5-2-6-18-14/h2-9,19H,1H3. The number of aromatic nitrogens is 4. The van der Waals surface area contributed by atoms with Crippen molar-refractivity contribution in [1.29, 1.82) is 0 Å². The van der Waals surface area contributed by atoms with Crippen molar-refractivity contribution < 1.29 is 12.8 Å². The Labute approximate surface area is 131 Å². The third-order valence-electron chi connectivity index (χ3n) is 3.06. The lowest BCUT2D eigenvalue weighted by atomic mass is 10.2. The first-order valence-corrected chi connectivity index (χ1v) is 8.04. The van der Waals surface area contributed by atoms with Gasteiger partial charge in [-0.3, -0.25) is 9.29 Å². The Bertz CT molecular complexity index is 941. The zero-order valence-electron chi connectivity index (χ0n) is 12.0. The second kappa shape index (κ2) is 5.76. The summed E-state index contributed by atoms with van der Waals surface area (Å²) in [6, 6.07) is 5.57. The van der Waals surface area contributed by atoms with Crippen LogP contribution in [0.3, 0.4) is 0 Å². The van der Waals surface area contributed by atoms with Gasteiger partial charge in [-0.1, -0.05) is 0 Å². The lowest BCUT2D eigenvalue weighted by Gasteiger charge is -2.10. The number of sulfonamides is 1. The summed E-state index contributed by atoms with van der Waals surface area (Å²) in [5, 5.41) is -0.120. The third-order valence-corrected chi connectivity index (χ3v) is 4.41. The number of halogens is 1. The minimum atomic E-state index is -3.93. The SMILES string of the molecule is Cc1cc(NS(=O)(=O)c2cncn2-c2ncccn2)ccc1F. The van der Waals surface area contributed by atoms with E-state index in [0.717, 1.165) is 0 Å². The Balaban J connectivity index is 1.98. The molecule has 0 amide bonds. The van der Waals surface area contributed by atoms with Crippen LogP contribution < -0.4 is 4.72 Å². The average Bonchev–Trinajstić information content (AvgIpc) is 3.02. The first kappa shape index (κ1) is 15.1. The molecule has 0 radical (unpaired) electrons. The van der Waals surface area contributed by atoms with E-state index >= 15 is 0 Å². The van der Waals surface area contributed by atoms with Gasteiger partial charge >= 0.3 is 0 Å². The van der Waals surface area contributed by atoms with Crippen LogP contribution >= 0.6 is 0 Å². The third kappa shape index (κ3) is 3.04. The maximum absolute atomic E-state index is 13.3. The molecule has 2 aromatic heterocycles. The van der Waals surface area contributed by atoms with Crippen molar-refractivity contribution in [2.75, 3.05) is 4.72 Å². The van der Waals surface area contributed by atoms with Crippen LogP contribution in [0.5, 0.6) is 0 Å². The van der Waals surface area contributed by atoms with Crippen molar-refractivity contribution in [1.82, 2.24) is 19.5 Å². The molecule has 0 aliphatic rings. The largest absolute Gasteiger partial charge is 0.279 e. The van der Waals surface area contributed by atoms with Crippen LogP contribution in [0.25, 0.3) is 5.95 Å². The molecule has 7 nitrogen and oxygen atoms in total. The van der Waals surface area contributed by atoms with E-state index in [4.69, 9.17) is 0 Å². The molecular formula is C14H12FN5O2S. The van der Waals surface area contributed by atoms with Crippen LogP contribution in [0.4, 0.5) is 10.1 Å². The minimum Gasteiger partial charge on any atom is -0.278 e. The van der Waals surface area contributed by atoms with E-state index in [-0.39, 0.29) is 16.7 Å². The average molecular weight is 333 g/mol. The van der Waals surface area contributed by atoms with Gasteiger partial charge in [-0.25, -0.2) is 19.3 Å². The first-order chi connectivity index (χ1) is 11.0. The Morgan fingerprint density at radius 2 is 1.96 bits per heavy atom. The number of nitrogens with zero attached hydrogens (tertiary/aromatic N) is 4. The number of anilines is 1. The molecule has 0 saturated carbocycles. The quantitative estimate of drug-likeness (QED) is 0.788. The zero-order chi connectivity index (χ0) is 16.4. The Hall–Kier alpha value is -2.81. The van der Waals surface area contributed by atoms with E-state index in [2.05, 4.69) is 19.7 Å². The summed E-state index contributed by atoms with van der Waals surface area (Å²) >= 11 is 0. The molecule has 118 valence electrons. The van der Waals surface area contributed by atoms with E-state index < -0.39 is 15.8 Å². The summed E-state index contributed by atoms with van der Waals surface area (Å²) in [4.78, 5) is 11.8. The van der Waals surface area contributed by atoms with Gasteiger partial charge in [-0.2, -0.15) is 8.42 Å². The van der Waals surface area contributed by atoms with Crippen LogP contribution in [0, 0.1) is 12.7 Å². The van der Waals surface area contributed by atoms with E-state index in [9.17, 15) is 12.8 Å². The zero-order valence-corrected chi connectivity index (χ0v) is 12.8. The highest BCUT2D eigenvalue weighted by atomic mass is 32.2. The molecule has 23 heavy (non-hydrogen) atoms. The lowest BCUT2D eigenvalue weighted by molar-refractivity contribution is 0.593. The number of imidazole rings is 1. The predicted octanol–water partition coefficient (Wildman–Crippen LogP) is 1.91. The molecule has 1 N–H and O–H groups in total. The highest BCUT2D eigenvalue weighted by molar-refractivity contribution is 7.92. The van der Waals surface area contributed by atoms with Crippen molar-refractivity contribution in [2.45, 2.75) is 11.9 Å². The number of aryl methyl sites for hydroxylation is 1. The molecule has 2 heterocycles. The number of nitrogens with one attached hydrogen (secondary N) is 1. The summed E-state index contributed by atoms with van der Waals surface area (Å²) < 4.78 is 42.0. The van der Waals surface area contributed by atoms with Gasteiger partial charge in [0.2, 0.25) is 5.95 Å². The van der Waals surface area contributed by atoms with Crippen molar-refractivity contribution >= 4 is 15.7 Å². The van der Waals surface area contributed by atoms with Gasteiger partial charge in [0, 0.05) is 18.1 Å². The van der Waals surface area contributed by atoms with Gasteiger partial charge in [0.05, 0.1) is 6.20 Å². The summed E-state index contributed by atoms with van der Waals surface area (Å²) in [5.74, 6) is -0.226. The van der Waals surface area contributed by atoms with Crippen LogP contribution in [0.1, 0.15) is 5.56 Å². The molecule has 0 aliphatic carbocycles. The van der Waals surface area contributed by atoms with E-state index in [1.54, 1.807) is 13.0 Å². The van der Waals surface area contributed by atoms with E-state index in [0.29, 0.717) is 5.56 Å². The first-order valence-electron chi connectivity index (χ1n) is 6.56. The van der Waals surface area contributed by atoms with Gasteiger partial charge in [-0.15, -0.1) is 0 Å². The van der Waals surface area contributed by atoms with E-state index in [1.165, 1.54) is 47.7 Å². The van der Waals surface area contributed by atoms with Crippen molar-refractivity contribution in [2.24, 2.45) is 0 Å². The molecule has 0 unspecified atom stereocenters. The Morgan fingerprint density at radius 3 is 2.65 bits per heavy atom. The summed E-state index contributed by atoms with van der Waals surface area (Å²) in [7, 11) is -3.93. The van der Waals surface area contributed by atoms with Gasteiger partial charge in [0.25, 0.3) is 10.0 Å². The van der Waals surface area contributed by atoms with Crippen molar-refractivity contribution in [3.8, 4) is 5.95 Å². The molecule has 0 fully saturated rings. The molecule has 3 aromatic rings. The minimum absolute atomic E-state index is 0.120. The molecule has 0 atom stereocenters. The summed E-state index contributed by atoms with van der Waals surface area (Å²) in [6.07, 6.45) is 5.49. The molecule has 0 saturated heterocycles. The predicted molar refractivity (Wildman–Crippen MR) is 81.1 cm³/mol. The molecular weight excluding hydrogens is 321 g/mol. The Morgan fingerprint density at radius 1 is 1.22 bits per heavy atom. The maximum atomic E-state index is 13.3. The van der Waals surface area contributed by atoms with Gasteiger partial charge in [-0.05, 0) is 36.8 Å². The van der Waals surface area contributed by atoms with Gasteiger partial charge in [0.1, 0.15) is 12.1 Å². The fourth-order valence-electron chi connectivity index (χ4n) is 1.96. The molecule has 0 aliphatic heterocycles. The molecule has 0 bridgehead atoms. The topological polar surface area (TPSA) is 89.8 Å². The summed E-state index contributed by atoms with van der Waals surface area (Å²) in [5.41, 5.74) is 0.593. The van der Waals surface area contributed by atoms with Crippen molar-refractivity contribution in [3.63, 3.8) is 0 Å². The van der Waals surface area contributed by atoms with Gasteiger partial charge in [0.15, 0.2) is 5.03 Å². The molecule has 3 rings (SSSR count). The smallest absolute Gasteiger partial charge is 0.278 e. The lowest BCUT2D eigenvalue weighted by Crippen LogP contribution is -2.17. The fraction of sp³-hybridized carbons (Fsp3) is 0.0714. The number of benzene rings is 1. The van der Waals surface area contributed by atoms with Crippen molar-refractivity contribution in [3.05, 3.63) is 60.6 Å². The number of hydrogen-bond acceptors (Lipinski definition) is 5. The highest BCUT2D eigenvalue weighted by Crippen LogP contribution is 2.19. The maximum Gasteiger partial charge on any atom is 0.279 e. The van der Waals surface area contributed by atoms with Gasteiger partial charge < -0.3 is 0 Å². The summed E-state index contributed by atoms with van der Waals surface area (Å²) in [6.45, 7) is 1.55. The second-order valence-corrected chi connectivity index (χ2v) is 6.35. The van der Waals surface area contributed by atoms with Crippen LogP contribution in [0.15, 0.2) is 54.2 Å². The molecule has 9 heteroatoms. The number of hydrogen-bond donors (Lipinski definition) is 1. The number of rotatable bonds is 4. The van der Waals surface area contributed by atoms with Crippen LogP contribution in [0.2, 0.25) is 0 Å². The van der Waals surface area contributed by atoms with E-state index in [1.807, 2.05) is 0 Å². The normalized spacial score (nSPS) is 11.4. The monoisotopic (exact) mass is 333 g/mol.